The molecule has 4 heteroatoms. The SMILES string of the molecule is COC(=O)Cc1cccc(-c2cc(=S)c3ccccc3o2)c1. The van der Waals surface area contributed by atoms with E-state index in [0.717, 1.165) is 26.6 Å². The van der Waals surface area contributed by atoms with Gasteiger partial charge in [0.1, 0.15) is 11.3 Å². The molecule has 1 aromatic heterocycles. The zero-order chi connectivity index (χ0) is 15.5. The molecular formula is C18H14O3S. The maximum absolute atomic E-state index is 11.4. The normalized spacial score (nSPS) is 10.6. The average Bonchev–Trinajstić information content (AvgIpc) is 2.55. The van der Waals surface area contributed by atoms with Crippen LogP contribution in [0.3, 0.4) is 0 Å². The third-order valence-electron chi connectivity index (χ3n) is 3.42. The molecule has 3 rings (SSSR count). The second kappa shape index (κ2) is 6.12. The minimum Gasteiger partial charge on any atom is -0.469 e. The molecule has 110 valence electrons. The molecule has 0 unspecified atom stereocenters. The van der Waals surface area contributed by atoms with Crippen LogP contribution in [-0.4, -0.2) is 13.1 Å². The van der Waals surface area contributed by atoms with Crippen LogP contribution in [0.2, 0.25) is 0 Å². The summed E-state index contributed by atoms with van der Waals surface area (Å²) in [6, 6.07) is 17.2. The Balaban J connectivity index is 2.06. The van der Waals surface area contributed by atoms with Crippen LogP contribution >= 0.6 is 12.2 Å². The zero-order valence-electron chi connectivity index (χ0n) is 12.0. The van der Waals surface area contributed by atoms with E-state index < -0.39 is 0 Å². The van der Waals surface area contributed by atoms with Crippen molar-refractivity contribution < 1.29 is 13.9 Å². The number of esters is 1. The number of benzene rings is 2. The molecule has 0 aliphatic heterocycles. The number of hydrogen-bond acceptors (Lipinski definition) is 4. The largest absolute Gasteiger partial charge is 0.469 e. The lowest BCUT2D eigenvalue weighted by atomic mass is 10.1. The lowest BCUT2D eigenvalue weighted by Gasteiger charge is -2.06. The number of para-hydroxylation sites is 1. The molecule has 0 aliphatic rings. The quantitative estimate of drug-likeness (QED) is 0.526. The summed E-state index contributed by atoms with van der Waals surface area (Å²) in [7, 11) is 1.38. The molecule has 0 N–H and O–H groups in total. The first-order valence-corrected chi connectivity index (χ1v) is 7.27. The summed E-state index contributed by atoms with van der Waals surface area (Å²) in [5, 5.41) is 0.923. The Morgan fingerprint density at radius 1 is 1.14 bits per heavy atom. The highest BCUT2D eigenvalue weighted by Gasteiger charge is 2.08. The van der Waals surface area contributed by atoms with Gasteiger partial charge in [-0.25, -0.2) is 0 Å². The van der Waals surface area contributed by atoms with E-state index in [1.54, 1.807) is 0 Å². The van der Waals surface area contributed by atoms with Crippen LogP contribution in [0.4, 0.5) is 0 Å². The monoisotopic (exact) mass is 310 g/mol. The van der Waals surface area contributed by atoms with Gasteiger partial charge in [-0.05, 0) is 23.8 Å². The average molecular weight is 310 g/mol. The van der Waals surface area contributed by atoms with Crippen LogP contribution in [0, 0.1) is 4.51 Å². The molecule has 0 fully saturated rings. The smallest absolute Gasteiger partial charge is 0.309 e. The summed E-state index contributed by atoms with van der Waals surface area (Å²) in [6.07, 6.45) is 0.235. The Morgan fingerprint density at radius 3 is 2.77 bits per heavy atom. The summed E-state index contributed by atoms with van der Waals surface area (Å²) in [4.78, 5) is 11.4. The molecule has 3 nitrogen and oxygen atoms in total. The minimum atomic E-state index is -0.267. The molecule has 0 saturated carbocycles. The number of carbonyl (C=O) groups is 1. The third-order valence-corrected chi connectivity index (χ3v) is 3.76. The van der Waals surface area contributed by atoms with Crippen LogP contribution in [-0.2, 0) is 16.0 Å². The summed E-state index contributed by atoms with van der Waals surface area (Å²) in [6.45, 7) is 0. The Labute approximate surface area is 133 Å². The van der Waals surface area contributed by atoms with Crippen molar-refractivity contribution >= 4 is 29.2 Å². The van der Waals surface area contributed by atoms with Crippen molar-refractivity contribution in [3.63, 3.8) is 0 Å². The fourth-order valence-corrected chi connectivity index (χ4v) is 2.60. The molecule has 0 bridgehead atoms. The second-order valence-electron chi connectivity index (χ2n) is 4.92. The van der Waals surface area contributed by atoms with Gasteiger partial charge in [0.05, 0.1) is 18.0 Å². The second-order valence-corrected chi connectivity index (χ2v) is 5.36. The minimum absolute atomic E-state index is 0.235. The maximum Gasteiger partial charge on any atom is 0.309 e. The van der Waals surface area contributed by atoms with Gasteiger partial charge < -0.3 is 9.15 Å². The van der Waals surface area contributed by atoms with Gasteiger partial charge in [-0.15, -0.1) is 0 Å². The fourth-order valence-electron chi connectivity index (χ4n) is 2.32. The number of hydrogen-bond donors (Lipinski definition) is 0. The van der Waals surface area contributed by atoms with Crippen LogP contribution in [0.25, 0.3) is 22.3 Å². The summed E-state index contributed by atoms with van der Waals surface area (Å²) in [5.74, 6) is 0.423. The third kappa shape index (κ3) is 2.92. The van der Waals surface area contributed by atoms with Gasteiger partial charge in [0.25, 0.3) is 0 Å². The lowest BCUT2D eigenvalue weighted by molar-refractivity contribution is -0.139. The molecule has 0 saturated heterocycles. The van der Waals surface area contributed by atoms with Gasteiger partial charge >= 0.3 is 5.97 Å². The topological polar surface area (TPSA) is 39.4 Å². The molecule has 0 aliphatic carbocycles. The Kier molecular flexibility index (Phi) is 4.02. The molecule has 1 heterocycles. The van der Waals surface area contributed by atoms with Crippen molar-refractivity contribution in [3.05, 3.63) is 64.7 Å². The van der Waals surface area contributed by atoms with Crippen molar-refractivity contribution in [1.82, 2.24) is 0 Å². The van der Waals surface area contributed by atoms with E-state index in [9.17, 15) is 4.79 Å². The molecule has 3 aromatic rings. The van der Waals surface area contributed by atoms with Crippen LogP contribution in [0.15, 0.2) is 59.0 Å². The van der Waals surface area contributed by atoms with Gasteiger partial charge in [0.2, 0.25) is 0 Å². The molecule has 22 heavy (non-hydrogen) atoms. The van der Waals surface area contributed by atoms with E-state index in [0.29, 0.717) is 5.76 Å². The van der Waals surface area contributed by atoms with E-state index in [1.807, 2.05) is 54.6 Å². The summed E-state index contributed by atoms with van der Waals surface area (Å²) < 4.78 is 11.4. The maximum atomic E-state index is 11.4. The number of methoxy groups -OCH3 is 1. The Bertz CT molecular complexity index is 896. The highest BCUT2D eigenvalue weighted by Crippen LogP contribution is 2.26. The van der Waals surface area contributed by atoms with Crippen LogP contribution in [0.5, 0.6) is 0 Å². The highest BCUT2D eigenvalue weighted by molar-refractivity contribution is 7.71. The summed E-state index contributed by atoms with van der Waals surface area (Å²) >= 11 is 5.43. The van der Waals surface area contributed by atoms with Gasteiger partial charge in [0.15, 0.2) is 0 Å². The van der Waals surface area contributed by atoms with Crippen molar-refractivity contribution in [2.45, 2.75) is 6.42 Å². The lowest BCUT2D eigenvalue weighted by Crippen LogP contribution is -2.04. The van der Waals surface area contributed by atoms with Crippen molar-refractivity contribution in [2.75, 3.05) is 7.11 Å². The van der Waals surface area contributed by atoms with Gasteiger partial charge in [-0.3, -0.25) is 4.79 Å². The van der Waals surface area contributed by atoms with Crippen LogP contribution in [0.1, 0.15) is 5.56 Å². The van der Waals surface area contributed by atoms with Crippen LogP contribution < -0.4 is 0 Å². The standard InChI is InChI=1S/C18H14O3S/c1-20-18(19)10-12-5-4-6-13(9-12)16-11-17(22)14-7-2-3-8-15(14)21-16/h2-9,11H,10H2,1H3. The molecule has 0 radical (unpaired) electrons. The van der Waals surface area contributed by atoms with Gasteiger partial charge in [-0.2, -0.15) is 0 Å². The Hall–Kier alpha value is -2.46. The van der Waals surface area contributed by atoms with E-state index in [2.05, 4.69) is 0 Å². The van der Waals surface area contributed by atoms with E-state index in [1.165, 1.54) is 7.11 Å². The van der Waals surface area contributed by atoms with E-state index in [-0.39, 0.29) is 12.4 Å². The first-order chi connectivity index (χ1) is 10.7. The summed E-state index contributed by atoms with van der Waals surface area (Å²) in [5.41, 5.74) is 2.51. The number of rotatable bonds is 3. The molecule has 2 aromatic carbocycles. The molecular weight excluding hydrogens is 296 g/mol. The van der Waals surface area contributed by atoms with Gasteiger partial charge in [-0.1, -0.05) is 42.5 Å². The Morgan fingerprint density at radius 2 is 1.95 bits per heavy atom. The fraction of sp³-hybridized carbons (Fsp3) is 0.111. The van der Waals surface area contributed by atoms with E-state index >= 15 is 0 Å². The predicted molar refractivity (Wildman–Crippen MR) is 88.2 cm³/mol. The van der Waals surface area contributed by atoms with Gasteiger partial charge in [0, 0.05) is 17.0 Å². The molecule has 0 amide bonds. The van der Waals surface area contributed by atoms with Crippen molar-refractivity contribution in [1.29, 1.82) is 0 Å². The molecule has 0 spiro atoms. The first-order valence-electron chi connectivity index (χ1n) is 6.86. The van der Waals surface area contributed by atoms with E-state index in [4.69, 9.17) is 21.4 Å². The number of fused-ring (bicyclic) bond motifs is 1. The number of carbonyl (C=O) groups excluding carboxylic acids is 1. The van der Waals surface area contributed by atoms with Crippen molar-refractivity contribution in [3.8, 4) is 11.3 Å². The van der Waals surface area contributed by atoms with Crippen molar-refractivity contribution in [2.24, 2.45) is 0 Å². The molecule has 0 atom stereocenters. The highest BCUT2D eigenvalue weighted by atomic mass is 32.1. The zero-order valence-corrected chi connectivity index (χ0v) is 12.9. The predicted octanol–water partition coefficient (Wildman–Crippen LogP) is 4.54. The first kappa shape index (κ1) is 14.5. The number of ether oxygens (including phenoxy) is 1.